The number of anilines is 2. The molecule has 154 valence electrons. The molecule has 2 saturated heterocycles. The molecule has 0 saturated carbocycles. The fraction of sp³-hybridized carbons (Fsp3) is 0.476. The van der Waals surface area contributed by atoms with Crippen molar-refractivity contribution in [3.63, 3.8) is 0 Å². The van der Waals surface area contributed by atoms with Crippen LogP contribution in [-0.4, -0.2) is 66.9 Å². The number of benzene rings is 1. The molecule has 1 amide bonds. The number of carbonyl (C=O) groups excluding carboxylic acids is 1. The van der Waals surface area contributed by atoms with E-state index in [2.05, 4.69) is 26.1 Å². The van der Waals surface area contributed by atoms with Crippen LogP contribution in [0.5, 0.6) is 5.75 Å². The van der Waals surface area contributed by atoms with E-state index in [1.165, 1.54) is 19.3 Å². The van der Waals surface area contributed by atoms with Crippen molar-refractivity contribution in [3.05, 3.63) is 41.4 Å². The highest BCUT2D eigenvalue weighted by atomic mass is 35.5. The summed E-state index contributed by atoms with van der Waals surface area (Å²) in [5, 5.41) is 9.50. The van der Waals surface area contributed by atoms with Crippen molar-refractivity contribution >= 4 is 29.1 Å². The number of rotatable bonds is 5. The van der Waals surface area contributed by atoms with Crippen LogP contribution in [0.3, 0.4) is 0 Å². The quantitative estimate of drug-likeness (QED) is 0.748. The second-order valence-electron chi connectivity index (χ2n) is 7.41. The molecule has 0 radical (unpaired) electrons. The topological polar surface area (TPSA) is 61.8 Å². The summed E-state index contributed by atoms with van der Waals surface area (Å²) in [5.74, 6) is 2.47. The molecule has 2 aromatic rings. The molecule has 0 aliphatic carbocycles. The summed E-state index contributed by atoms with van der Waals surface area (Å²) in [4.78, 5) is 18.7. The lowest BCUT2D eigenvalue weighted by molar-refractivity contribution is -0.133. The third-order valence-corrected chi connectivity index (χ3v) is 5.70. The molecular weight excluding hydrogens is 390 g/mol. The highest BCUT2D eigenvalue weighted by Crippen LogP contribution is 2.20. The van der Waals surface area contributed by atoms with Crippen LogP contribution in [0.4, 0.5) is 11.6 Å². The Hall–Kier alpha value is -2.54. The Balaban J connectivity index is 1.25. The second-order valence-corrected chi connectivity index (χ2v) is 7.84. The number of carbonyl (C=O) groups is 1. The maximum Gasteiger partial charge on any atom is 0.260 e. The van der Waals surface area contributed by atoms with Crippen molar-refractivity contribution in [2.75, 3.05) is 55.7 Å². The van der Waals surface area contributed by atoms with E-state index in [9.17, 15) is 4.79 Å². The van der Waals surface area contributed by atoms with Crippen LogP contribution >= 0.6 is 11.6 Å². The largest absolute Gasteiger partial charge is 0.484 e. The Labute approximate surface area is 176 Å². The number of piperidine rings is 1. The molecule has 2 aliphatic rings. The summed E-state index contributed by atoms with van der Waals surface area (Å²) in [5.41, 5.74) is 0. The first-order valence-electron chi connectivity index (χ1n) is 10.2. The maximum absolute atomic E-state index is 12.4. The summed E-state index contributed by atoms with van der Waals surface area (Å²) < 4.78 is 5.57. The maximum atomic E-state index is 12.4. The lowest BCUT2D eigenvalue weighted by Gasteiger charge is -2.35. The molecule has 0 unspecified atom stereocenters. The van der Waals surface area contributed by atoms with Gasteiger partial charge in [0.25, 0.3) is 5.91 Å². The average molecular weight is 416 g/mol. The van der Waals surface area contributed by atoms with Crippen LogP contribution in [0.25, 0.3) is 0 Å². The van der Waals surface area contributed by atoms with Crippen LogP contribution in [0, 0.1) is 0 Å². The van der Waals surface area contributed by atoms with Crippen molar-refractivity contribution in [1.82, 2.24) is 15.1 Å². The molecule has 29 heavy (non-hydrogen) atoms. The zero-order chi connectivity index (χ0) is 20.1. The van der Waals surface area contributed by atoms with Crippen molar-refractivity contribution in [2.24, 2.45) is 0 Å². The fourth-order valence-corrected chi connectivity index (χ4v) is 3.86. The van der Waals surface area contributed by atoms with E-state index < -0.39 is 0 Å². The first-order valence-corrected chi connectivity index (χ1v) is 10.6. The SMILES string of the molecule is O=C(COc1ccc(Cl)cc1)N1CCN(c2ccc(N3CCCCC3)nn2)CC1. The predicted molar refractivity (Wildman–Crippen MR) is 114 cm³/mol. The number of piperazine rings is 1. The van der Waals surface area contributed by atoms with E-state index in [1.54, 1.807) is 24.3 Å². The Kier molecular flexibility index (Phi) is 6.34. The van der Waals surface area contributed by atoms with E-state index in [4.69, 9.17) is 16.3 Å². The van der Waals surface area contributed by atoms with Gasteiger partial charge in [0, 0.05) is 44.3 Å². The number of amides is 1. The zero-order valence-electron chi connectivity index (χ0n) is 16.5. The first-order chi connectivity index (χ1) is 14.2. The molecular formula is C21H26ClN5O2. The molecule has 3 heterocycles. The molecule has 2 aliphatic heterocycles. The van der Waals surface area contributed by atoms with Gasteiger partial charge in [-0.05, 0) is 55.7 Å². The van der Waals surface area contributed by atoms with Crippen molar-refractivity contribution < 1.29 is 9.53 Å². The van der Waals surface area contributed by atoms with Crippen molar-refractivity contribution in [1.29, 1.82) is 0 Å². The van der Waals surface area contributed by atoms with Crippen LogP contribution in [0.2, 0.25) is 5.02 Å². The highest BCUT2D eigenvalue weighted by Gasteiger charge is 2.23. The lowest BCUT2D eigenvalue weighted by atomic mass is 10.1. The lowest BCUT2D eigenvalue weighted by Crippen LogP contribution is -2.50. The van der Waals surface area contributed by atoms with Gasteiger partial charge in [0.05, 0.1) is 0 Å². The van der Waals surface area contributed by atoms with Crippen LogP contribution in [0.15, 0.2) is 36.4 Å². The van der Waals surface area contributed by atoms with Gasteiger partial charge in [-0.2, -0.15) is 0 Å². The standard InChI is InChI=1S/C21H26ClN5O2/c22-17-4-6-18(7-5-17)29-16-21(28)27-14-12-26(13-15-27)20-9-8-19(23-24-20)25-10-2-1-3-11-25/h4-9H,1-3,10-16H2. The number of nitrogens with zero attached hydrogens (tertiary/aromatic N) is 5. The number of halogens is 1. The number of hydrogen-bond donors (Lipinski definition) is 0. The summed E-state index contributed by atoms with van der Waals surface area (Å²) in [6.45, 7) is 4.94. The van der Waals surface area contributed by atoms with Gasteiger partial charge in [-0.25, -0.2) is 0 Å². The van der Waals surface area contributed by atoms with Crippen LogP contribution < -0.4 is 14.5 Å². The molecule has 7 nitrogen and oxygen atoms in total. The van der Waals surface area contributed by atoms with Crippen LogP contribution in [-0.2, 0) is 4.79 Å². The van der Waals surface area contributed by atoms with E-state index in [0.717, 1.165) is 37.8 Å². The van der Waals surface area contributed by atoms with Gasteiger partial charge >= 0.3 is 0 Å². The second kappa shape index (κ2) is 9.31. The molecule has 8 heteroatoms. The average Bonchev–Trinajstić information content (AvgIpc) is 2.79. The van der Waals surface area contributed by atoms with Crippen LogP contribution in [0.1, 0.15) is 19.3 Å². The molecule has 2 fully saturated rings. The highest BCUT2D eigenvalue weighted by molar-refractivity contribution is 6.30. The minimum Gasteiger partial charge on any atom is -0.484 e. The summed E-state index contributed by atoms with van der Waals surface area (Å²) in [6.07, 6.45) is 3.75. The molecule has 1 aromatic carbocycles. The van der Waals surface area contributed by atoms with Crippen molar-refractivity contribution in [2.45, 2.75) is 19.3 Å². The Morgan fingerprint density at radius 2 is 1.41 bits per heavy atom. The zero-order valence-corrected chi connectivity index (χ0v) is 17.2. The Morgan fingerprint density at radius 3 is 2.00 bits per heavy atom. The van der Waals surface area contributed by atoms with Crippen molar-refractivity contribution in [3.8, 4) is 5.75 Å². The molecule has 1 aromatic heterocycles. The molecule has 4 rings (SSSR count). The van der Waals surface area contributed by atoms with Gasteiger partial charge in [-0.15, -0.1) is 10.2 Å². The fourth-order valence-electron chi connectivity index (χ4n) is 3.73. The molecule has 0 bridgehead atoms. The summed E-state index contributed by atoms with van der Waals surface area (Å²) >= 11 is 5.86. The number of hydrogen-bond acceptors (Lipinski definition) is 6. The summed E-state index contributed by atoms with van der Waals surface area (Å²) in [7, 11) is 0. The molecule has 0 N–H and O–H groups in total. The van der Waals surface area contributed by atoms with Gasteiger partial charge in [0.2, 0.25) is 0 Å². The predicted octanol–water partition coefficient (Wildman–Crippen LogP) is 2.85. The minimum atomic E-state index is -0.00821. The van der Waals surface area contributed by atoms with E-state index >= 15 is 0 Å². The Bertz CT molecular complexity index is 801. The van der Waals surface area contributed by atoms with Gasteiger partial charge in [0.15, 0.2) is 18.2 Å². The van der Waals surface area contributed by atoms with Gasteiger partial charge in [-0.1, -0.05) is 11.6 Å². The molecule has 0 atom stereocenters. The number of ether oxygens (including phenoxy) is 1. The Morgan fingerprint density at radius 1 is 0.828 bits per heavy atom. The van der Waals surface area contributed by atoms with Gasteiger partial charge < -0.3 is 19.4 Å². The first kappa shape index (κ1) is 19.8. The van der Waals surface area contributed by atoms with E-state index in [1.807, 2.05) is 11.0 Å². The summed E-state index contributed by atoms with van der Waals surface area (Å²) in [6, 6.07) is 11.1. The number of aromatic nitrogens is 2. The van der Waals surface area contributed by atoms with E-state index in [-0.39, 0.29) is 12.5 Å². The normalized spacial score (nSPS) is 17.3. The minimum absolute atomic E-state index is 0.00821. The van der Waals surface area contributed by atoms with Gasteiger partial charge in [-0.3, -0.25) is 4.79 Å². The monoisotopic (exact) mass is 415 g/mol. The molecule has 0 spiro atoms. The van der Waals surface area contributed by atoms with Gasteiger partial charge in [0.1, 0.15) is 5.75 Å². The third-order valence-electron chi connectivity index (χ3n) is 5.45. The third kappa shape index (κ3) is 5.09. The smallest absolute Gasteiger partial charge is 0.260 e. The van der Waals surface area contributed by atoms with E-state index in [0.29, 0.717) is 23.9 Å².